The quantitative estimate of drug-likeness (QED) is 0.590. The van der Waals surface area contributed by atoms with Gasteiger partial charge in [-0.15, -0.1) is 0 Å². The molecule has 5 heteroatoms. The molecule has 1 amide bonds. The molecule has 1 aliphatic rings. The maximum Gasteiger partial charge on any atom is 0.264 e. The van der Waals surface area contributed by atoms with Gasteiger partial charge in [0, 0.05) is 31.9 Å². The molecule has 144 valence electrons. The highest BCUT2D eigenvalue weighted by Gasteiger charge is 2.23. The first-order chi connectivity index (χ1) is 13.6. The van der Waals surface area contributed by atoms with Gasteiger partial charge in [-0.3, -0.25) is 4.79 Å². The fraction of sp³-hybridized carbons (Fsp3) is 0.304. The summed E-state index contributed by atoms with van der Waals surface area (Å²) in [6.45, 7) is 6.67. The van der Waals surface area contributed by atoms with Crippen molar-refractivity contribution < 1.29 is 9.53 Å². The first-order valence-electron chi connectivity index (χ1n) is 9.54. The third-order valence-corrected chi connectivity index (χ3v) is 4.60. The molecule has 0 unspecified atom stereocenters. The lowest BCUT2D eigenvalue weighted by molar-refractivity contribution is -0.126. The van der Waals surface area contributed by atoms with Crippen molar-refractivity contribution >= 4 is 17.7 Å². The number of nitrogens with zero attached hydrogens (tertiary/aromatic N) is 3. The number of para-hydroxylation sites is 1. The van der Waals surface area contributed by atoms with Crippen molar-refractivity contribution in [1.29, 1.82) is 5.26 Å². The lowest BCUT2D eigenvalue weighted by Crippen LogP contribution is -2.49. The summed E-state index contributed by atoms with van der Waals surface area (Å²) in [4.78, 5) is 16.8. The molecule has 0 bridgehead atoms. The zero-order valence-electron chi connectivity index (χ0n) is 16.3. The fourth-order valence-corrected chi connectivity index (χ4v) is 3.20. The third-order valence-electron chi connectivity index (χ3n) is 4.60. The molecule has 0 saturated carbocycles. The van der Waals surface area contributed by atoms with Crippen LogP contribution in [0.2, 0.25) is 0 Å². The molecule has 0 radical (unpaired) electrons. The van der Waals surface area contributed by atoms with Gasteiger partial charge >= 0.3 is 0 Å². The van der Waals surface area contributed by atoms with Crippen LogP contribution in [0.1, 0.15) is 19.4 Å². The summed E-state index contributed by atoms with van der Waals surface area (Å²) in [6, 6.07) is 19.7. The summed E-state index contributed by atoms with van der Waals surface area (Å²) < 4.78 is 5.62. The Morgan fingerprint density at radius 2 is 1.68 bits per heavy atom. The predicted molar refractivity (Wildman–Crippen MR) is 111 cm³/mol. The number of amides is 1. The Hall–Kier alpha value is -3.26. The van der Waals surface area contributed by atoms with Crippen LogP contribution in [0.3, 0.4) is 0 Å². The zero-order chi connectivity index (χ0) is 19.9. The van der Waals surface area contributed by atoms with Crippen LogP contribution in [0.4, 0.5) is 5.69 Å². The van der Waals surface area contributed by atoms with Crippen LogP contribution >= 0.6 is 0 Å². The highest BCUT2D eigenvalue weighted by molar-refractivity contribution is 6.01. The second-order valence-corrected chi connectivity index (χ2v) is 7.02. The molecule has 0 aromatic heterocycles. The van der Waals surface area contributed by atoms with Gasteiger partial charge in [0.05, 0.1) is 6.10 Å². The van der Waals surface area contributed by atoms with Gasteiger partial charge in [0.15, 0.2) is 0 Å². The first-order valence-corrected chi connectivity index (χ1v) is 9.54. The number of ether oxygens (including phenoxy) is 1. The Bertz CT molecular complexity index is 859. The molecule has 1 aliphatic heterocycles. The number of anilines is 1. The lowest BCUT2D eigenvalue weighted by Gasteiger charge is -2.36. The van der Waals surface area contributed by atoms with Gasteiger partial charge in [-0.1, -0.05) is 30.3 Å². The van der Waals surface area contributed by atoms with Gasteiger partial charge in [-0.2, -0.15) is 5.26 Å². The summed E-state index contributed by atoms with van der Waals surface area (Å²) in [5.41, 5.74) is 2.13. The van der Waals surface area contributed by atoms with Crippen LogP contribution in [0.25, 0.3) is 6.08 Å². The van der Waals surface area contributed by atoms with E-state index in [9.17, 15) is 10.1 Å². The van der Waals surface area contributed by atoms with E-state index in [1.54, 1.807) is 11.0 Å². The maximum atomic E-state index is 12.8. The van der Waals surface area contributed by atoms with Gasteiger partial charge in [0.25, 0.3) is 5.91 Å². The summed E-state index contributed by atoms with van der Waals surface area (Å²) in [7, 11) is 0. The van der Waals surface area contributed by atoms with Crippen molar-refractivity contribution in [1.82, 2.24) is 4.90 Å². The Labute approximate surface area is 166 Å². The van der Waals surface area contributed by atoms with E-state index in [0.29, 0.717) is 13.1 Å². The molecule has 0 aliphatic carbocycles. The summed E-state index contributed by atoms with van der Waals surface area (Å²) in [6.07, 6.45) is 1.75. The maximum absolute atomic E-state index is 12.8. The van der Waals surface area contributed by atoms with Crippen LogP contribution in [0.15, 0.2) is 60.2 Å². The Kier molecular flexibility index (Phi) is 6.33. The number of piperazine rings is 1. The Balaban J connectivity index is 1.64. The highest BCUT2D eigenvalue weighted by Crippen LogP contribution is 2.19. The number of hydrogen-bond acceptors (Lipinski definition) is 4. The van der Waals surface area contributed by atoms with Crippen LogP contribution in [0.5, 0.6) is 5.75 Å². The number of rotatable bonds is 5. The molecule has 0 atom stereocenters. The number of benzene rings is 2. The molecule has 2 aromatic carbocycles. The standard InChI is InChI=1S/C23H25N3O2/c1-18(2)28-22-10-8-19(9-11-22)16-20(17-24)23(27)26-14-12-25(13-15-26)21-6-4-3-5-7-21/h3-11,16,18H,12-15H2,1-2H3/b20-16+. The second kappa shape index (κ2) is 9.09. The van der Waals surface area contributed by atoms with E-state index in [1.165, 1.54) is 0 Å². The number of carbonyl (C=O) groups is 1. The van der Waals surface area contributed by atoms with Crippen LogP contribution < -0.4 is 9.64 Å². The van der Waals surface area contributed by atoms with Crippen LogP contribution in [0, 0.1) is 11.3 Å². The van der Waals surface area contributed by atoms with E-state index in [-0.39, 0.29) is 17.6 Å². The topological polar surface area (TPSA) is 56.6 Å². The SMILES string of the molecule is CC(C)Oc1ccc(/C=C(\C#N)C(=O)N2CCN(c3ccccc3)CC2)cc1. The average molecular weight is 375 g/mol. The van der Waals surface area contributed by atoms with Crippen molar-refractivity contribution in [2.75, 3.05) is 31.1 Å². The average Bonchev–Trinajstić information content (AvgIpc) is 2.73. The van der Waals surface area contributed by atoms with E-state index in [2.05, 4.69) is 23.1 Å². The lowest BCUT2D eigenvalue weighted by atomic mass is 10.1. The minimum atomic E-state index is -0.210. The van der Waals surface area contributed by atoms with Crippen molar-refractivity contribution in [3.8, 4) is 11.8 Å². The molecule has 1 saturated heterocycles. The molecule has 28 heavy (non-hydrogen) atoms. The molecular formula is C23H25N3O2. The van der Waals surface area contributed by atoms with E-state index < -0.39 is 0 Å². The molecule has 5 nitrogen and oxygen atoms in total. The molecule has 1 heterocycles. The number of nitriles is 1. The zero-order valence-corrected chi connectivity index (χ0v) is 16.3. The largest absolute Gasteiger partial charge is 0.491 e. The van der Waals surface area contributed by atoms with Crippen LogP contribution in [-0.4, -0.2) is 43.1 Å². The minimum Gasteiger partial charge on any atom is -0.491 e. The molecular weight excluding hydrogens is 350 g/mol. The van der Waals surface area contributed by atoms with E-state index in [4.69, 9.17) is 4.74 Å². The molecule has 3 rings (SSSR count). The summed E-state index contributed by atoms with van der Waals surface area (Å²) in [5.74, 6) is 0.562. The first kappa shape index (κ1) is 19.5. The summed E-state index contributed by atoms with van der Waals surface area (Å²) in [5, 5.41) is 9.49. The number of hydrogen-bond donors (Lipinski definition) is 0. The van der Waals surface area contributed by atoms with Crippen LogP contribution in [-0.2, 0) is 4.79 Å². The molecule has 0 spiro atoms. The van der Waals surface area contributed by atoms with Gasteiger partial charge in [-0.05, 0) is 49.8 Å². The summed E-state index contributed by atoms with van der Waals surface area (Å²) >= 11 is 0. The molecule has 1 fully saturated rings. The fourth-order valence-electron chi connectivity index (χ4n) is 3.20. The molecule has 0 N–H and O–H groups in total. The van der Waals surface area contributed by atoms with Gasteiger partial charge in [0.1, 0.15) is 17.4 Å². The number of carbonyl (C=O) groups excluding carboxylic acids is 1. The third kappa shape index (κ3) is 4.92. The van der Waals surface area contributed by atoms with E-state index in [1.807, 2.05) is 56.3 Å². The second-order valence-electron chi connectivity index (χ2n) is 7.02. The predicted octanol–water partition coefficient (Wildman–Crippen LogP) is 3.73. The minimum absolute atomic E-state index is 0.104. The van der Waals surface area contributed by atoms with Crippen molar-refractivity contribution in [2.45, 2.75) is 20.0 Å². The van der Waals surface area contributed by atoms with Crippen molar-refractivity contribution in [3.63, 3.8) is 0 Å². The van der Waals surface area contributed by atoms with E-state index >= 15 is 0 Å². The highest BCUT2D eigenvalue weighted by atomic mass is 16.5. The van der Waals surface area contributed by atoms with Crippen molar-refractivity contribution in [3.05, 3.63) is 65.7 Å². The Morgan fingerprint density at radius 1 is 1.04 bits per heavy atom. The van der Waals surface area contributed by atoms with Gasteiger partial charge in [-0.25, -0.2) is 0 Å². The van der Waals surface area contributed by atoms with E-state index in [0.717, 1.165) is 30.1 Å². The monoisotopic (exact) mass is 375 g/mol. The normalized spacial score (nSPS) is 14.7. The van der Waals surface area contributed by atoms with Gasteiger partial charge < -0.3 is 14.5 Å². The molecule has 2 aromatic rings. The van der Waals surface area contributed by atoms with Crippen molar-refractivity contribution in [2.24, 2.45) is 0 Å². The Morgan fingerprint density at radius 3 is 2.25 bits per heavy atom. The smallest absolute Gasteiger partial charge is 0.264 e. The van der Waals surface area contributed by atoms with Gasteiger partial charge in [0.2, 0.25) is 0 Å².